The van der Waals surface area contributed by atoms with Gasteiger partial charge in [-0.15, -0.1) is 0 Å². The molecule has 1 amide bonds. The van der Waals surface area contributed by atoms with Crippen LogP contribution in [0.3, 0.4) is 0 Å². The Morgan fingerprint density at radius 1 is 1.19 bits per heavy atom. The third kappa shape index (κ3) is 2.82. The number of alkyl halides is 2. The molecule has 0 spiro atoms. The molecule has 6 heteroatoms. The van der Waals surface area contributed by atoms with Crippen LogP contribution >= 0.6 is 11.3 Å². The molecule has 0 aliphatic carbocycles. The van der Waals surface area contributed by atoms with Gasteiger partial charge >= 0.3 is 0 Å². The highest BCUT2D eigenvalue weighted by Crippen LogP contribution is 2.33. The van der Waals surface area contributed by atoms with E-state index in [1.54, 1.807) is 0 Å². The summed E-state index contributed by atoms with van der Waals surface area (Å²) in [5.74, 6) is -0.308. The Morgan fingerprint density at radius 2 is 1.95 bits per heavy atom. The zero-order chi connectivity index (χ0) is 14.8. The van der Waals surface area contributed by atoms with Crippen molar-refractivity contribution >= 4 is 17.2 Å². The smallest absolute Gasteiger partial charge is 0.255 e. The monoisotopic (exact) mass is 308 g/mol. The standard InChI is InChI=1S/C15H14F2N2OS/c16-12(17)8-19-14(11-6-7-21-9-11)18-13(15(19)20)10-4-2-1-3-5-10/h1-7,9,12-14,18H,8H2. The van der Waals surface area contributed by atoms with Gasteiger partial charge in [0.2, 0.25) is 5.91 Å². The van der Waals surface area contributed by atoms with Crippen molar-refractivity contribution in [2.24, 2.45) is 0 Å². The first kappa shape index (κ1) is 14.2. The predicted octanol–water partition coefficient (Wildman–Crippen LogP) is 3.18. The van der Waals surface area contributed by atoms with Crippen molar-refractivity contribution in [3.63, 3.8) is 0 Å². The van der Waals surface area contributed by atoms with Gasteiger partial charge < -0.3 is 4.90 Å². The zero-order valence-electron chi connectivity index (χ0n) is 11.1. The van der Waals surface area contributed by atoms with Crippen molar-refractivity contribution in [3.05, 3.63) is 58.3 Å². The third-order valence-corrected chi connectivity index (χ3v) is 4.19. The average Bonchev–Trinajstić information content (AvgIpc) is 3.09. The summed E-state index contributed by atoms with van der Waals surface area (Å²) in [6.07, 6.45) is -3.05. The lowest BCUT2D eigenvalue weighted by atomic mass is 10.1. The third-order valence-electron chi connectivity index (χ3n) is 3.49. The molecule has 110 valence electrons. The van der Waals surface area contributed by atoms with Crippen LogP contribution < -0.4 is 5.32 Å². The van der Waals surface area contributed by atoms with Gasteiger partial charge in [-0.05, 0) is 28.0 Å². The summed E-state index contributed by atoms with van der Waals surface area (Å²) in [5.41, 5.74) is 1.63. The number of carbonyl (C=O) groups excluding carboxylic acids is 1. The topological polar surface area (TPSA) is 32.3 Å². The molecule has 1 aromatic heterocycles. The minimum Gasteiger partial charge on any atom is -0.315 e. The molecule has 2 atom stereocenters. The number of nitrogens with one attached hydrogen (secondary N) is 1. The van der Waals surface area contributed by atoms with Crippen LogP contribution in [0.2, 0.25) is 0 Å². The molecule has 1 fully saturated rings. The second-order valence-electron chi connectivity index (χ2n) is 4.85. The molecule has 2 unspecified atom stereocenters. The summed E-state index contributed by atoms with van der Waals surface area (Å²) in [7, 11) is 0. The molecule has 1 aromatic carbocycles. The van der Waals surface area contributed by atoms with Crippen LogP contribution in [-0.4, -0.2) is 23.8 Å². The van der Waals surface area contributed by atoms with Crippen LogP contribution in [0.4, 0.5) is 8.78 Å². The summed E-state index contributed by atoms with van der Waals surface area (Å²) >= 11 is 1.48. The second-order valence-corrected chi connectivity index (χ2v) is 5.63. The van der Waals surface area contributed by atoms with E-state index in [2.05, 4.69) is 5.32 Å². The fourth-order valence-corrected chi connectivity index (χ4v) is 3.23. The van der Waals surface area contributed by atoms with Crippen molar-refractivity contribution in [1.29, 1.82) is 0 Å². The molecule has 0 saturated carbocycles. The molecule has 1 N–H and O–H groups in total. The molecule has 3 nitrogen and oxygen atoms in total. The van der Waals surface area contributed by atoms with Gasteiger partial charge in [0, 0.05) is 0 Å². The molecule has 0 radical (unpaired) electrons. The van der Waals surface area contributed by atoms with E-state index >= 15 is 0 Å². The predicted molar refractivity (Wildman–Crippen MR) is 77.1 cm³/mol. The maximum absolute atomic E-state index is 12.8. The maximum Gasteiger partial charge on any atom is 0.255 e. The number of hydrogen-bond acceptors (Lipinski definition) is 3. The number of rotatable bonds is 4. The lowest BCUT2D eigenvalue weighted by Crippen LogP contribution is -2.34. The van der Waals surface area contributed by atoms with E-state index < -0.39 is 25.2 Å². The summed E-state index contributed by atoms with van der Waals surface area (Å²) in [6, 6.07) is 10.4. The number of nitrogens with zero attached hydrogens (tertiary/aromatic N) is 1. The summed E-state index contributed by atoms with van der Waals surface area (Å²) in [5, 5.41) is 6.91. The number of benzene rings is 1. The Balaban J connectivity index is 1.91. The van der Waals surface area contributed by atoms with Crippen molar-refractivity contribution in [2.75, 3.05) is 6.54 Å². The van der Waals surface area contributed by atoms with E-state index in [-0.39, 0.29) is 5.91 Å². The molecule has 3 rings (SSSR count). The lowest BCUT2D eigenvalue weighted by Gasteiger charge is -2.22. The van der Waals surface area contributed by atoms with Crippen molar-refractivity contribution < 1.29 is 13.6 Å². The molecular weight excluding hydrogens is 294 g/mol. The first-order chi connectivity index (χ1) is 10.2. The van der Waals surface area contributed by atoms with Crippen LogP contribution in [0.5, 0.6) is 0 Å². The second kappa shape index (κ2) is 5.91. The number of thiophene rings is 1. The molecule has 0 bridgehead atoms. The first-order valence-corrected chi connectivity index (χ1v) is 7.53. The maximum atomic E-state index is 12.8. The molecule has 2 aromatic rings. The molecular formula is C15H14F2N2OS. The molecule has 2 heterocycles. The molecule has 21 heavy (non-hydrogen) atoms. The minimum atomic E-state index is -2.55. The Kier molecular flexibility index (Phi) is 3.98. The quantitative estimate of drug-likeness (QED) is 0.941. The first-order valence-electron chi connectivity index (χ1n) is 6.58. The summed E-state index contributed by atoms with van der Waals surface area (Å²) in [6.45, 7) is -0.560. The Hall–Kier alpha value is -1.79. The van der Waals surface area contributed by atoms with Crippen molar-refractivity contribution in [1.82, 2.24) is 10.2 Å². The summed E-state index contributed by atoms with van der Waals surface area (Å²) in [4.78, 5) is 13.7. The van der Waals surface area contributed by atoms with E-state index in [4.69, 9.17) is 0 Å². The fourth-order valence-electron chi connectivity index (χ4n) is 2.55. The fraction of sp³-hybridized carbons (Fsp3) is 0.267. The number of amides is 1. The van der Waals surface area contributed by atoms with E-state index in [0.717, 1.165) is 11.1 Å². The molecule has 1 saturated heterocycles. The lowest BCUT2D eigenvalue weighted by molar-refractivity contribution is -0.132. The van der Waals surface area contributed by atoms with Gasteiger partial charge in [-0.25, -0.2) is 8.78 Å². The Morgan fingerprint density at radius 3 is 2.57 bits per heavy atom. The van der Waals surface area contributed by atoms with Crippen molar-refractivity contribution in [2.45, 2.75) is 18.6 Å². The molecule has 1 aliphatic heterocycles. The minimum absolute atomic E-state index is 0.308. The SMILES string of the molecule is O=C1C(c2ccccc2)NC(c2ccsc2)N1CC(F)F. The largest absolute Gasteiger partial charge is 0.315 e. The van der Waals surface area contributed by atoms with E-state index in [1.807, 2.05) is 47.2 Å². The van der Waals surface area contributed by atoms with E-state index in [1.165, 1.54) is 16.2 Å². The number of halogens is 2. The zero-order valence-corrected chi connectivity index (χ0v) is 11.9. The van der Waals surface area contributed by atoms with Crippen LogP contribution in [-0.2, 0) is 4.79 Å². The Bertz CT molecular complexity index is 603. The van der Waals surface area contributed by atoms with Gasteiger partial charge in [0.15, 0.2) is 0 Å². The van der Waals surface area contributed by atoms with Gasteiger partial charge in [0.05, 0.1) is 6.54 Å². The van der Waals surface area contributed by atoms with Gasteiger partial charge in [-0.1, -0.05) is 30.3 Å². The van der Waals surface area contributed by atoms with Crippen LogP contribution in [0.25, 0.3) is 0 Å². The molecule has 1 aliphatic rings. The van der Waals surface area contributed by atoms with Gasteiger partial charge in [-0.2, -0.15) is 11.3 Å². The van der Waals surface area contributed by atoms with Crippen LogP contribution in [0, 0.1) is 0 Å². The highest BCUT2D eigenvalue weighted by Gasteiger charge is 2.41. The Labute approximate surface area is 125 Å². The highest BCUT2D eigenvalue weighted by atomic mass is 32.1. The number of carbonyl (C=O) groups is 1. The number of hydrogen-bond donors (Lipinski definition) is 1. The normalized spacial score (nSPS) is 22.2. The van der Waals surface area contributed by atoms with E-state index in [0.29, 0.717) is 0 Å². The van der Waals surface area contributed by atoms with Gasteiger partial charge in [0.25, 0.3) is 6.43 Å². The summed E-state index contributed by atoms with van der Waals surface area (Å²) < 4.78 is 25.6. The highest BCUT2D eigenvalue weighted by molar-refractivity contribution is 7.07. The van der Waals surface area contributed by atoms with Crippen LogP contribution in [0.15, 0.2) is 47.2 Å². The van der Waals surface area contributed by atoms with Gasteiger partial charge in [0.1, 0.15) is 12.2 Å². The van der Waals surface area contributed by atoms with Gasteiger partial charge in [-0.3, -0.25) is 10.1 Å². The van der Waals surface area contributed by atoms with E-state index in [9.17, 15) is 13.6 Å². The van der Waals surface area contributed by atoms with Crippen molar-refractivity contribution in [3.8, 4) is 0 Å². The van der Waals surface area contributed by atoms with Crippen LogP contribution in [0.1, 0.15) is 23.3 Å². The average molecular weight is 308 g/mol.